The Morgan fingerprint density at radius 3 is 2.48 bits per heavy atom. The molecule has 8 heteroatoms. The molecule has 0 aliphatic heterocycles. The van der Waals surface area contributed by atoms with Crippen molar-refractivity contribution in [2.45, 2.75) is 39.1 Å². The van der Waals surface area contributed by atoms with Crippen LogP contribution in [0.5, 0.6) is 0 Å². The predicted molar refractivity (Wildman–Crippen MR) is 86.3 cm³/mol. The summed E-state index contributed by atoms with van der Waals surface area (Å²) in [5, 5.41) is 13.3. The molecule has 0 aliphatic rings. The smallest absolute Gasteiger partial charge is 0.336 e. The number of carboxylic acid groups (broad SMARTS) is 1. The van der Waals surface area contributed by atoms with Crippen molar-refractivity contribution in [3.05, 3.63) is 40.7 Å². The molecule has 1 aromatic heterocycles. The standard InChI is InChI=1S/C15H19N3O4S/c1-5-18-11(4)14(10(3)16-18)23(21,22)17-12-7-6-9(2)13(8-12)15(19)20/h6-8,17H,5H2,1-4H3,(H,19,20). The minimum atomic E-state index is -3.85. The minimum absolute atomic E-state index is 0.0582. The Morgan fingerprint density at radius 2 is 1.96 bits per heavy atom. The van der Waals surface area contributed by atoms with Gasteiger partial charge in [-0.3, -0.25) is 9.40 Å². The number of carboxylic acids is 1. The Labute approximate surface area is 135 Å². The lowest BCUT2D eigenvalue weighted by Crippen LogP contribution is -2.15. The Kier molecular flexibility index (Phi) is 4.46. The Bertz CT molecular complexity index is 869. The number of anilines is 1. The lowest BCUT2D eigenvalue weighted by molar-refractivity contribution is 0.0696. The summed E-state index contributed by atoms with van der Waals surface area (Å²) in [6.45, 7) is 7.42. The quantitative estimate of drug-likeness (QED) is 0.872. The molecule has 2 rings (SSSR count). The highest BCUT2D eigenvalue weighted by molar-refractivity contribution is 7.92. The molecule has 2 aromatic rings. The first-order chi connectivity index (χ1) is 10.7. The van der Waals surface area contributed by atoms with Crippen LogP contribution in [0.3, 0.4) is 0 Å². The van der Waals surface area contributed by atoms with Gasteiger partial charge < -0.3 is 5.11 Å². The summed E-state index contributed by atoms with van der Waals surface area (Å²) in [7, 11) is -3.85. The predicted octanol–water partition coefficient (Wildman–Crippen LogP) is 2.33. The van der Waals surface area contributed by atoms with E-state index in [4.69, 9.17) is 5.11 Å². The third-order valence-corrected chi connectivity index (χ3v) is 5.24. The van der Waals surface area contributed by atoms with E-state index in [0.29, 0.717) is 23.5 Å². The molecule has 0 fully saturated rings. The number of aromatic carboxylic acids is 1. The molecule has 7 nitrogen and oxygen atoms in total. The lowest BCUT2D eigenvalue weighted by atomic mass is 10.1. The SMILES string of the molecule is CCn1nc(C)c(S(=O)(=O)Nc2ccc(C)c(C(=O)O)c2)c1C. The average molecular weight is 337 g/mol. The van der Waals surface area contributed by atoms with Crippen LogP contribution in [0.2, 0.25) is 0 Å². The topological polar surface area (TPSA) is 101 Å². The van der Waals surface area contributed by atoms with Crippen LogP contribution in [0.15, 0.2) is 23.1 Å². The van der Waals surface area contributed by atoms with E-state index < -0.39 is 16.0 Å². The maximum atomic E-state index is 12.6. The summed E-state index contributed by atoms with van der Waals surface area (Å²) in [5.41, 5.74) is 1.77. The van der Waals surface area contributed by atoms with Crippen molar-refractivity contribution in [3.8, 4) is 0 Å². The van der Waals surface area contributed by atoms with Crippen LogP contribution in [-0.2, 0) is 16.6 Å². The third kappa shape index (κ3) is 3.21. The number of rotatable bonds is 5. The largest absolute Gasteiger partial charge is 0.478 e. The van der Waals surface area contributed by atoms with E-state index in [1.807, 2.05) is 6.92 Å². The zero-order chi connectivity index (χ0) is 17.4. The summed E-state index contributed by atoms with van der Waals surface area (Å²) >= 11 is 0. The van der Waals surface area contributed by atoms with Gasteiger partial charge >= 0.3 is 5.97 Å². The molecule has 0 radical (unpaired) electrons. The van der Waals surface area contributed by atoms with Crippen LogP contribution in [0.4, 0.5) is 5.69 Å². The molecule has 0 saturated carbocycles. The van der Waals surface area contributed by atoms with E-state index in [2.05, 4.69) is 9.82 Å². The number of carbonyl (C=O) groups is 1. The van der Waals surface area contributed by atoms with E-state index in [0.717, 1.165) is 0 Å². The van der Waals surface area contributed by atoms with Crippen molar-refractivity contribution >= 4 is 21.7 Å². The molecule has 2 N–H and O–H groups in total. The van der Waals surface area contributed by atoms with Gasteiger partial charge in [0.1, 0.15) is 4.90 Å². The van der Waals surface area contributed by atoms with Crippen LogP contribution in [0.1, 0.15) is 34.2 Å². The fraction of sp³-hybridized carbons (Fsp3) is 0.333. The highest BCUT2D eigenvalue weighted by atomic mass is 32.2. The van der Waals surface area contributed by atoms with Gasteiger partial charge in [-0.15, -0.1) is 0 Å². The first kappa shape index (κ1) is 17.0. The van der Waals surface area contributed by atoms with Gasteiger partial charge in [-0.25, -0.2) is 13.2 Å². The normalized spacial score (nSPS) is 11.5. The third-order valence-electron chi connectivity index (χ3n) is 3.60. The van der Waals surface area contributed by atoms with E-state index in [9.17, 15) is 13.2 Å². The summed E-state index contributed by atoms with van der Waals surface area (Å²) in [4.78, 5) is 11.3. The molecule has 0 saturated heterocycles. The molecule has 1 heterocycles. The fourth-order valence-corrected chi connectivity index (χ4v) is 3.96. The number of aromatic nitrogens is 2. The molecule has 1 aromatic carbocycles. The number of hydrogen-bond donors (Lipinski definition) is 2. The second-order valence-electron chi connectivity index (χ2n) is 5.26. The first-order valence-corrected chi connectivity index (χ1v) is 8.56. The first-order valence-electron chi connectivity index (χ1n) is 7.08. The van der Waals surface area contributed by atoms with Gasteiger partial charge in [0, 0.05) is 12.2 Å². The number of sulfonamides is 1. The van der Waals surface area contributed by atoms with Gasteiger partial charge in [0.25, 0.3) is 10.0 Å². The summed E-state index contributed by atoms with van der Waals surface area (Å²) in [6, 6.07) is 4.41. The molecule has 0 unspecified atom stereocenters. The van der Waals surface area contributed by atoms with E-state index in [-0.39, 0.29) is 16.1 Å². The van der Waals surface area contributed by atoms with E-state index >= 15 is 0 Å². The molecule has 23 heavy (non-hydrogen) atoms. The van der Waals surface area contributed by atoms with Crippen LogP contribution < -0.4 is 4.72 Å². The van der Waals surface area contributed by atoms with Crippen LogP contribution in [-0.4, -0.2) is 29.3 Å². The van der Waals surface area contributed by atoms with Gasteiger partial charge in [0.15, 0.2) is 0 Å². The van der Waals surface area contributed by atoms with Gasteiger partial charge in [0.05, 0.1) is 17.0 Å². The van der Waals surface area contributed by atoms with Crippen molar-refractivity contribution in [1.29, 1.82) is 0 Å². The molecule has 0 aliphatic carbocycles. The molecule has 0 amide bonds. The fourth-order valence-electron chi connectivity index (χ4n) is 2.50. The summed E-state index contributed by atoms with van der Waals surface area (Å²) in [5.74, 6) is -1.10. The second-order valence-corrected chi connectivity index (χ2v) is 6.88. The number of benzene rings is 1. The molecule has 0 bridgehead atoms. The van der Waals surface area contributed by atoms with Gasteiger partial charge in [-0.05, 0) is 45.4 Å². The second kappa shape index (κ2) is 6.04. The van der Waals surface area contributed by atoms with Crippen LogP contribution >= 0.6 is 0 Å². The van der Waals surface area contributed by atoms with Crippen molar-refractivity contribution < 1.29 is 18.3 Å². The Hall–Kier alpha value is -2.35. The number of hydrogen-bond acceptors (Lipinski definition) is 4. The van der Waals surface area contributed by atoms with Crippen molar-refractivity contribution in [1.82, 2.24) is 9.78 Å². The van der Waals surface area contributed by atoms with Gasteiger partial charge in [-0.1, -0.05) is 6.07 Å². The van der Waals surface area contributed by atoms with Crippen molar-refractivity contribution in [2.24, 2.45) is 0 Å². The summed E-state index contributed by atoms with van der Waals surface area (Å²) in [6.07, 6.45) is 0. The van der Waals surface area contributed by atoms with E-state index in [1.54, 1.807) is 31.5 Å². The maximum Gasteiger partial charge on any atom is 0.336 e. The number of nitrogens with one attached hydrogen (secondary N) is 1. The molecule has 0 spiro atoms. The van der Waals surface area contributed by atoms with Gasteiger partial charge in [0.2, 0.25) is 0 Å². The molecular weight excluding hydrogens is 318 g/mol. The zero-order valence-electron chi connectivity index (χ0n) is 13.4. The highest BCUT2D eigenvalue weighted by Gasteiger charge is 2.24. The molecular formula is C15H19N3O4S. The molecule has 124 valence electrons. The van der Waals surface area contributed by atoms with Crippen LogP contribution in [0.25, 0.3) is 0 Å². The Balaban J connectivity index is 2.45. The Morgan fingerprint density at radius 1 is 1.30 bits per heavy atom. The van der Waals surface area contributed by atoms with Crippen LogP contribution in [0, 0.1) is 20.8 Å². The minimum Gasteiger partial charge on any atom is -0.478 e. The van der Waals surface area contributed by atoms with E-state index in [1.165, 1.54) is 12.1 Å². The summed E-state index contributed by atoms with van der Waals surface area (Å²) < 4.78 is 29.3. The monoisotopic (exact) mass is 337 g/mol. The lowest BCUT2D eigenvalue weighted by Gasteiger charge is -2.10. The van der Waals surface area contributed by atoms with Gasteiger partial charge in [-0.2, -0.15) is 5.10 Å². The number of nitrogens with zero attached hydrogens (tertiary/aromatic N) is 2. The number of aryl methyl sites for hydroxylation is 3. The highest BCUT2D eigenvalue weighted by Crippen LogP contribution is 2.24. The van der Waals surface area contributed by atoms with Crippen molar-refractivity contribution in [3.63, 3.8) is 0 Å². The zero-order valence-corrected chi connectivity index (χ0v) is 14.2. The maximum absolute atomic E-state index is 12.6. The van der Waals surface area contributed by atoms with Crippen molar-refractivity contribution in [2.75, 3.05) is 4.72 Å². The average Bonchev–Trinajstić information content (AvgIpc) is 2.75. The molecule has 0 atom stereocenters.